The van der Waals surface area contributed by atoms with Gasteiger partial charge in [0, 0.05) is 0 Å². The van der Waals surface area contributed by atoms with E-state index in [9.17, 15) is 4.39 Å². The Morgan fingerprint density at radius 2 is 2.14 bits per heavy atom. The van der Waals surface area contributed by atoms with Gasteiger partial charge in [0.2, 0.25) is 0 Å². The van der Waals surface area contributed by atoms with Crippen molar-refractivity contribution in [2.45, 2.75) is 20.0 Å². The molecule has 14 heavy (non-hydrogen) atoms. The van der Waals surface area contributed by atoms with E-state index in [2.05, 4.69) is 0 Å². The summed E-state index contributed by atoms with van der Waals surface area (Å²) in [6.07, 6.45) is 0.00793. The van der Waals surface area contributed by atoms with Crippen LogP contribution in [0, 0.1) is 5.82 Å². The summed E-state index contributed by atoms with van der Waals surface area (Å²) in [6.45, 7) is 3.76. The molecule has 0 heterocycles. The van der Waals surface area contributed by atoms with Gasteiger partial charge in [-0.1, -0.05) is 12.2 Å². The molecule has 2 nitrogen and oxygen atoms in total. The van der Waals surface area contributed by atoms with Crippen LogP contribution in [0.5, 0.6) is 5.75 Å². The Labute approximate surface area is 87.9 Å². The summed E-state index contributed by atoms with van der Waals surface area (Å²) < 4.78 is 18.3. The molecule has 0 saturated heterocycles. The fraction of sp³-hybridized carbons (Fsp3) is 0.300. The molecule has 1 aromatic carbocycles. The van der Waals surface area contributed by atoms with Gasteiger partial charge in [-0.25, -0.2) is 4.39 Å². The van der Waals surface area contributed by atoms with Crippen LogP contribution in [0.2, 0.25) is 0 Å². The van der Waals surface area contributed by atoms with Gasteiger partial charge in [0.25, 0.3) is 0 Å². The van der Waals surface area contributed by atoms with E-state index in [1.165, 1.54) is 18.2 Å². The van der Waals surface area contributed by atoms with E-state index in [4.69, 9.17) is 22.7 Å². The standard InChI is InChI=1S/C10H12FNOS/c1-6(2)13-9-4-3-7(11)5-8(9)10(12)14/h3-6H,1-2H3,(H2,12,14). The first-order chi connectivity index (χ1) is 6.50. The van der Waals surface area contributed by atoms with Crippen LogP contribution in [-0.2, 0) is 0 Å². The smallest absolute Gasteiger partial charge is 0.130 e. The van der Waals surface area contributed by atoms with E-state index >= 15 is 0 Å². The van der Waals surface area contributed by atoms with Crippen LogP contribution in [0.25, 0.3) is 0 Å². The molecule has 0 radical (unpaired) electrons. The maximum absolute atomic E-state index is 12.9. The second kappa shape index (κ2) is 4.37. The Balaban J connectivity index is 3.08. The Morgan fingerprint density at radius 1 is 1.50 bits per heavy atom. The van der Waals surface area contributed by atoms with Gasteiger partial charge < -0.3 is 10.5 Å². The minimum atomic E-state index is -0.371. The van der Waals surface area contributed by atoms with Crippen LogP contribution in [0.4, 0.5) is 4.39 Å². The summed E-state index contributed by atoms with van der Waals surface area (Å²) in [4.78, 5) is 0.139. The zero-order chi connectivity index (χ0) is 10.7. The van der Waals surface area contributed by atoms with Gasteiger partial charge in [-0.3, -0.25) is 0 Å². The highest BCUT2D eigenvalue weighted by molar-refractivity contribution is 7.80. The molecule has 76 valence electrons. The van der Waals surface area contributed by atoms with Crippen molar-refractivity contribution in [2.24, 2.45) is 5.73 Å². The zero-order valence-corrected chi connectivity index (χ0v) is 8.90. The van der Waals surface area contributed by atoms with E-state index in [0.29, 0.717) is 11.3 Å². The molecule has 0 unspecified atom stereocenters. The van der Waals surface area contributed by atoms with Gasteiger partial charge in [0.05, 0.1) is 11.7 Å². The minimum absolute atomic E-state index is 0.00793. The fourth-order valence-corrected chi connectivity index (χ4v) is 1.21. The van der Waals surface area contributed by atoms with Crippen molar-refractivity contribution in [1.29, 1.82) is 0 Å². The highest BCUT2D eigenvalue weighted by Crippen LogP contribution is 2.20. The largest absolute Gasteiger partial charge is 0.490 e. The average Bonchev–Trinajstić information content (AvgIpc) is 2.07. The van der Waals surface area contributed by atoms with Gasteiger partial charge in [0.15, 0.2) is 0 Å². The first-order valence-electron chi connectivity index (χ1n) is 4.26. The summed E-state index contributed by atoms with van der Waals surface area (Å²) in [5.41, 5.74) is 5.88. The lowest BCUT2D eigenvalue weighted by Gasteiger charge is -2.13. The summed E-state index contributed by atoms with van der Waals surface area (Å²) in [5.74, 6) is 0.151. The minimum Gasteiger partial charge on any atom is -0.490 e. The number of thiocarbonyl (C=S) groups is 1. The molecule has 0 aromatic heterocycles. The van der Waals surface area contributed by atoms with E-state index < -0.39 is 0 Å². The van der Waals surface area contributed by atoms with Gasteiger partial charge >= 0.3 is 0 Å². The number of hydrogen-bond donors (Lipinski definition) is 1. The van der Waals surface area contributed by atoms with E-state index in [-0.39, 0.29) is 16.9 Å². The Morgan fingerprint density at radius 3 is 2.64 bits per heavy atom. The molecule has 0 aliphatic rings. The second-order valence-electron chi connectivity index (χ2n) is 3.17. The SMILES string of the molecule is CC(C)Oc1ccc(F)cc1C(N)=S. The van der Waals surface area contributed by atoms with E-state index in [0.717, 1.165) is 0 Å². The van der Waals surface area contributed by atoms with E-state index in [1.807, 2.05) is 13.8 Å². The third-order valence-corrected chi connectivity index (χ3v) is 1.79. The first-order valence-corrected chi connectivity index (χ1v) is 4.67. The topological polar surface area (TPSA) is 35.2 Å². The lowest BCUT2D eigenvalue weighted by atomic mass is 10.2. The normalized spacial score (nSPS) is 10.3. The van der Waals surface area contributed by atoms with Gasteiger partial charge in [-0.15, -0.1) is 0 Å². The highest BCUT2D eigenvalue weighted by atomic mass is 32.1. The summed E-state index contributed by atoms with van der Waals surface area (Å²) >= 11 is 4.79. The maximum atomic E-state index is 12.9. The van der Waals surface area contributed by atoms with Crippen LogP contribution < -0.4 is 10.5 Å². The Kier molecular flexibility index (Phi) is 3.41. The molecule has 0 fully saturated rings. The third kappa shape index (κ3) is 2.67. The molecule has 0 spiro atoms. The second-order valence-corrected chi connectivity index (χ2v) is 3.61. The number of halogens is 1. The third-order valence-electron chi connectivity index (χ3n) is 1.57. The van der Waals surface area contributed by atoms with Crippen LogP contribution in [0.15, 0.2) is 18.2 Å². The summed E-state index contributed by atoms with van der Waals surface area (Å²) in [5, 5.41) is 0. The van der Waals surface area contributed by atoms with Gasteiger partial charge in [-0.2, -0.15) is 0 Å². The molecule has 1 aromatic rings. The fourth-order valence-electron chi connectivity index (χ4n) is 1.05. The zero-order valence-electron chi connectivity index (χ0n) is 8.08. The number of benzene rings is 1. The number of ether oxygens (including phenoxy) is 1. The predicted octanol–water partition coefficient (Wildman–Crippen LogP) is 2.25. The van der Waals surface area contributed by atoms with Crippen LogP contribution in [-0.4, -0.2) is 11.1 Å². The Hall–Kier alpha value is -1.16. The maximum Gasteiger partial charge on any atom is 0.130 e. The molecule has 1 rings (SSSR count). The number of nitrogens with two attached hydrogens (primary N) is 1. The van der Waals surface area contributed by atoms with Crippen molar-refractivity contribution >= 4 is 17.2 Å². The highest BCUT2D eigenvalue weighted by Gasteiger charge is 2.09. The predicted molar refractivity (Wildman–Crippen MR) is 58.1 cm³/mol. The van der Waals surface area contributed by atoms with Crippen molar-refractivity contribution in [1.82, 2.24) is 0 Å². The van der Waals surface area contributed by atoms with Crippen LogP contribution in [0.3, 0.4) is 0 Å². The van der Waals surface area contributed by atoms with Crippen molar-refractivity contribution in [2.75, 3.05) is 0 Å². The molecular formula is C10H12FNOS. The molecule has 0 bridgehead atoms. The van der Waals surface area contributed by atoms with Gasteiger partial charge in [-0.05, 0) is 32.0 Å². The van der Waals surface area contributed by atoms with Crippen molar-refractivity contribution in [3.8, 4) is 5.75 Å². The molecule has 2 N–H and O–H groups in total. The molecule has 0 aliphatic heterocycles. The quantitative estimate of drug-likeness (QED) is 0.782. The van der Waals surface area contributed by atoms with E-state index in [1.54, 1.807) is 0 Å². The van der Waals surface area contributed by atoms with Crippen molar-refractivity contribution in [3.05, 3.63) is 29.6 Å². The number of hydrogen-bond acceptors (Lipinski definition) is 2. The molecule has 0 amide bonds. The first kappa shape index (κ1) is 10.9. The molecule has 0 saturated carbocycles. The lowest BCUT2D eigenvalue weighted by molar-refractivity contribution is 0.241. The molecule has 0 atom stereocenters. The van der Waals surface area contributed by atoms with Crippen LogP contribution in [0.1, 0.15) is 19.4 Å². The lowest BCUT2D eigenvalue weighted by Crippen LogP contribution is -2.14. The number of rotatable bonds is 3. The summed E-state index contributed by atoms with van der Waals surface area (Å²) in [7, 11) is 0. The summed E-state index contributed by atoms with van der Waals surface area (Å²) in [6, 6.07) is 4.13. The Bertz CT molecular complexity index is 352. The molecule has 4 heteroatoms. The van der Waals surface area contributed by atoms with Gasteiger partial charge in [0.1, 0.15) is 16.6 Å². The molecular weight excluding hydrogens is 201 g/mol. The monoisotopic (exact) mass is 213 g/mol. The van der Waals surface area contributed by atoms with Crippen LogP contribution >= 0.6 is 12.2 Å². The van der Waals surface area contributed by atoms with Crippen molar-refractivity contribution < 1.29 is 9.13 Å². The molecule has 0 aliphatic carbocycles. The van der Waals surface area contributed by atoms with Crippen molar-refractivity contribution in [3.63, 3.8) is 0 Å². The average molecular weight is 213 g/mol.